The summed E-state index contributed by atoms with van der Waals surface area (Å²) >= 11 is 0. The van der Waals surface area contributed by atoms with E-state index in [1.165, 1.54) is 0 Å². The minimum Gasteiger partial charge on any atom is -0.383 e. The van der Waals surface area contributed by atoms with Gasteiger partial charge in [-0.2, -0.15) is 0 Å². The van der Waals surface area contributed by atoms with Crippen LogP contribution in [-0.4, -0.2) is 54.3 Å². The summed E-state index contributed by atoms with van der Waals surface area (Å²) in [7, 11) is 5.90. The van der Waals surface area contributed by atoms with Crippen molar-refractivity contribution in [3.63, 3.8) is 0 Å². The third-order valence-corrected chi connectivity index (χ3v) is 3.03. The van der Waals surface area contributed by atoms with E-state index in [1.807, 2.05) is 6.92 Å². The first-order valence-corrected chi connectivity index (χ1v) is 6.39. The number of methoxy groups -OCH3 is 1. The minimum absolute atomic E-state index is 0.255. The molecule has 1 aromatic rings. The molecule has 18 heavy (non-hydrogen) atoms. The highest BCUT2D eigenvalue weighted by atomic mass is 16.5. The van der Waals surface area contributed by atoms with Crippen molar-refractivity contribution < 1.29 is 4.74 Å². The number of imidazole rings is 1. The normalized spacial score (nSPS) is 14.8. The Kier molecular flexibility index (Phi) is 5.62. The van der Waals surface area contributed by atoms with Crippen LogP contribution in [0, 0.1) is 6.92 Å². The lowest BCUT2D eigenvalue weighted by Gasteiger charge is -2.22. The van der Waals surface area contributed by atoms with E-state index < -0.39 is 0 Å². The van der Waals surface area contributed by atoms with Gasteiger partial charge in [0.25, 0.3) is 0 Å². The second-order valence-electron chi connectivity index (χ2n) is 5.17. The second-order valence-corrected chi connectivity index (χ2v) is 5.17. The molecule has 104 valence electrons. The molecule has 0 aromatic carbocycles. The van der Waals surface area contributed by atoms with Crippen LogP contribution in [0.3, 0.4) is 0 Å². The number of likely N-dealkylation sites (N-methyl/N-ethyl adjacent to an activating group) is 1. The fraction of sp³-hybridized carbons (Fsp3) is 0.769. The molecule has 0 radical (unpaired) electrons. The van der Waals surface area contributed by atoms with Crippen LogP contribution in [0.5, 0.6) is 0 Å². The topological polar surface area (TPSA) is 42.3 Å². The fourth-order valence-electron chi connectivity index (χ4n) is 1.76. The van der Waals surface area contributed by atoms with Crippen molar-refractivity contribution >= 4 is 5.95 Å². The van der Waals surface area contributed by atoms with Crippen LogP contribution >= 0.6 is 0 Å². The van der Waals surface area contributed by atoms with Crippen molar-refractivity contribution in [2.75, 3.05) is 33.1 Å². The van der Waals surface area contributed by atoms with Crippen molar-refractivity contribution in [2.24, 2.45) is 0 Å². The number of hydrogen-bond donors (Lipinski definition) is 1. The number of rotatable bonds is 7. The Morgan fingerprint density at radius 2 is 2.11 bits per heavy atom. The van der Waals surface area contributed by atoms with Gasteiger partial charge in [0.2, 0.25) is 5.95 Å². The SMILES string of the molecule is COCC(C)Nc1nc(C)cn1CC(C)N(C)C. The highest BCUT2D eigenvalue weighted by Crippen LogP contribution is 2.12. The van der Waals surface area contributed by atoms with Gasteiger partial charge in [-0.15, -0.1) is 0 Å². The van der Waals surface area contributed by atoms with Gasteiger partial charge in [0, 0.05) is 31.9 Å². The van der Waals surface area contributed by atoms with E-state index in [2.05, 4.69) is 53.9 Å². The molecule has 0 aliphatic rings. The molecule has 1 heterocycles. The molecule has 2 atom stereocenters. The Morgan fingerprint density at radius 1 is 1.44 bits per heavy atom. The number of anilines is 1. The van der Waals surface area contributed by atoms with Crippen LogP contribution in [0.2, 0.25) is 0 Å². The van der Waals surface area contributed by atoms with Gasteiger partial charge >= 0.3 is 0 Å². The minimum atomic E-state index is 0.255. The molecule has 0 bridgehead atoms. The number of aromatic nitrogens is 2. The smallest absolute Gasteiger partial charge is 0.203 e. The van der Waals surface area contributed by atoms with E-state index >= 15 is 0 Å². The number of hydrogen-bond acceptors (Lipinski definition) is 4. The highest BCUT2D eigenvalue weighted by Gasteiger charge is 2.12. The molecule has 2 unspecified atom stereocenters. The summed E-state index contributed by atoms with van der Waals surface area (Å²) < 4.78 is 7.31. The maximum absolute atomic E-state index is 5.13. The van der Waals surface area contributed by atoms with E-state index in [9.17, 15) is 0 Å². The van der Waals surface area contributed by atoms with Gasteiger partial charge in [-0.05, 0) is 34.9 Å². The molecule has 1 aromatic heterocycles. The summed E-state index contributed by atoms with van der Waals surface area (Å²) in [6.45, 7) is 7.92. The molecule has 0 fully saturated rings. The lowest BCUT2D eigenvalue weighted by molar-refractivity contribution is 0.190. The average Bonchev–Trinajstić information content (AvgIpc) is 2.58. The van der Waals surface area contributed by atoms with Crippen molar-refractivity contribution in [1.82, 2.24) is 14.5 Å². The summed E-state index contributed by atoms with van der Waals surface area (Å²) in [5, 5.41) is 3.38. The van der Waals surface area contributed by atoms with Crippen molar-refractivity contribution in [3.8, 4) is 0 Å². The molecule has 0 saturated carbocycles. The molecular weight excluding hydrogens is 228 g/mol. The lowest BCUT2D eigenvalue weighted by Crippen LogP contribution is -2.30. The molecule has 5 heteroatoms. The van der Waals surface area contributed by atoms with Gasteiger partial charge in [0.15, 0.2) is 0 Å². The van der Waals surface area contributed by atoms with E-state index in [-0.39, 0.29) is 6.04 Å². The third kappa shape index (κ3) is 4.31. The zero-order valence-corrected chi connectivity index (χ0v) is 12.4. The third-order valence-electron chi connectivity index (χ3n) is 3.03. The highest BCUT2D eigenvalue weighted by molar-refractivity contribution is 5.30. The van der Waals surface area contributed by atoms with Gasteiger partial charge in [0.1, 0.15) is 0 Å². The fourth-order valence-corrected chi connectivity index (χ4v) is 1.76. The zero-order chi connectivity index (χ0) is 13.7. The number of nitrogens with zero attached hydrogens (tertiary/aromatic N) is 3. The van der Waals surface area contributed by atoms with Crippen molar-refractivity contribution in [2.45, 2.75) is 39.4 Å². The number of aryl methyl sites for hydroxylation is 1. The Morgan fingerprint density at radius 3 is 2.67 bits per heavy atom. The van der Waals surface area contributed by atoms with Crippen LogP contribution in [0.1, 0.15) is 19.5 Å². The Balaban J connectivity index is 2.73. The molecule has 1 N–H and O–H groups in total. The van der Waals surface area contributed by atoms with E-state index in [0.717, 1.165) is 18.2 Å². The van der Waals surface area contributed by atoms with E-state index in [4.69, 9.17) is 4.74 Å². The second kappa shape index (κ2) is 6.75. The van der Waals surface area contributed by atoms with Crippen LogP contribution in [0.25, 0.3) is 0 Å². The largest absolute Gasteiger partial charge is 0.383 e. The Labute approximate surface area is 110 Å². The molecule has 0 aliphatic heterocycles. The van der Waals surface area contributed by atoms with Crippen LogP contribution in [-0.2, 0) is 11.3 Å². The van der Waals surface area contributed by atoms with Gasteiger partial charge in [-0.25, -0.2) is 4.98 Å². The summed E-state index contributed by atoms with van der Waals surface area (Å²) in [5.74, 6) is 0.922. The summed E-state index contributed by atoms with van der Waals surface area (Å²) in [4.78, 5) is 6.73. The summed E-state index contributed by atoms with van der Waals surface area (Å²) in [6.07, 6.45) is 2.09. The van der Waals surface area contributed by atoms with Crippen LogP contribution in [0.15, 0.2) is 6.20 Å². The Bertz CT molecular complexity index is 362. The van der Waals surface area contributed by atoms with E-state index in [0.29, 0.717) is 12.6 Å². The van der Waals surface area contributed by atoms with Crippen molar-refractivity contribution in [3.05, 3.63) is 11.9 Å². The quantitative estimate of drug-likeness (QED) is 0.802. The first kappa shape index (κ1) is 15.0. The maximum Gasteiger partial charge on any atom is 0.203 e. The molecular formula is C13H26N4O. The van der Waals surface area contributed by atoms with Gasteiger partial charge in [-0.1, -0.05) is 0 Å². The average molecular weight is 254 g/mol. The zero-order valence-electron chi connectivity index (χ0n) is 12.4. The Hall–Kier alpha value is -1.07. The molecule has 0 aliphatic carbocycles. The first-order chi connectivity index (χ1) is 8.43. The predicted molar refractivity (Wildman–Crippen MR) is 75.1 cm³/mol. The summed E-state index contributed by atoms with van der Waals surface area (Å²) in [5.41, 5.74) is 1.04. The first-order valence-electron chi connectivity index (χ1n) is 6.39. The molecule has 0 amide bonds. The van der Waals surface area contributed by atoms with Gasteiger partial charge in [0.05, 0.1) is 12.3 Å². The van der Waals surface area contributed by atoms with Gasteiger partial charge < -0.3 is 19.5 Å². The molecule has 0 saturated heterocycles. The van der Waals surface area contributed by atoms with Crippen LogP contribution in [0.4, 0.5) is 5.95 Å². The standard InChI is InChI=1S/C13H26N4O/c1-10-7-17(8-12(3)16(4)5)13(14-10)15-11(2)9-18-6/h7,11-12H,8-9H2,1-6H3,(H,14,15). The summed E-state index contributed by atoms with van der Waals surface area (Å²) in [6, 6.07) is 0.724. The van der Waals surface area contributed by atoms with E-state index in [1.54, 1.807) is 7.11 Å². The number of nitrogens with one attached hydrogen (secondary N) is 1. The monoisotopic (exact) mass is 254 g/mol. The maximum atomic E-state index is 5.13. The van der Waals surface area contributed by atoms with Crippen molar-refractivity contribution in [1.29, 1.82) is 0 Å². The molecule has 5 nitrogen and oxygen atoms in total. The van der Waals surface area contributed by atoms with Gasteiger partial charge in [-0.3, -0.25) is 0 Å². The molecule has 0 spiro atoms. The predicted octanol–water partition coefficient (Wildman–Crippen LogP) is 1.59. The number of ether oxygens (including phenoxy) is 1. The lowest BCUT2D eigenvalue weighted by atomic mass is 10.3. The van der Waals surface area contributed by atoms with Crippen LogP contribution < -0.4 is 5.32 Å². The molecule has 1 rings (SSSR count).